The summed E-state index contributed by atoms with van der Waals surface area (Å²) in [7, 11) is 0. The van der Waals surface area contributed by atoms with Gasteiger partial charge in [0.2, 0.25) is 0 Å². The van der Waals surface area contributed by atoms with Gasteiger partial charge >= 0.3 is 0 Å². The number of hydrogen-bond donors (Lipinski definition) is 1. The molecule has 0 aliphatic carbocycles. The van der Waals surface area contributed by atoms with Crippen molar-refractivity contribution in [2.75, 3.05) is 6.54 Å². The second kappa shape index (κ2) is 6.96. The van der Waals surface area contributed by atoms with E-state index < -0.39 is 0 Å². The maximum absolute atomic E-state index is 4.48. The molecule has 0 aliphatic heterocycles. The van der Waals surface area contributed by atoms with E-state index in [1.807, 2.05) is 0 Å². The second-order valence-electron chi connectivity index (χ2n) is 3.91. The van der Waals surface area contributed by atoms with Gasteiger partial charge in [0.15, 0.2) is 0 Å². The van der Waals surface area contributed by atoms with E-state index in [9.17, 15) is 0 Å². The molecule has 0 radical (unpaired) electrons. The van der Waals surface area contributed by atoms with Gasteiger partial charge in [0, 0.05) is 11.4 Å². The number of nitrogens with zero attached hydrogens (tertiary/aromatic N) is 1. The highest BCUT2D eigenvalue weighted by molar-refractivity contribution is 7.09. The molecule has 0 bridgehead atoms. The summed E-state index contributed by atoms with van der Waals surface area (Å²) >= 11 is 1.75. The first kappa shape index (κ1) is 12.7. The molecule has 0 saturated carbocycles. The first-order valence-corrected chi connectivity index (χ1v) is 6.78. The van der Waals surface area contributed by atoms with Gasteiger partial charge in [-0.15, -0.1) is 11.3 Å². The Morgan fingerprint density at radius 1 is 1.47 bits per heavy atom. The van der Waals surface area contributed by atoms with Crippen LogP contribution in [0.4, 0.5) is 0 Å². The molecule has 86 valence electrons. The second-order valence-corrected chi connectivity index (χ2v) is 4.98. The molecule has 0 spiro atoms. The van der Waals surface area contributed by atoms with Crippen LogP contribution in [0.2, 0.25) is 0 Å². The van der Waals surface area contributed by atoms with Crippen LogP contribution in [0.3, 0.4) is 0 Å². The van der Waals surface area contributed by atoms with Crippen molar-refractivity contribution < 1.29 is 0 Å². The normalized spacial score (nSPS) is 13.0. The van der Waals surface area contributed by atoms with Crippen LogP contribution in [-0.2, 0) is 6.42 Å². The number of aryl methyl sites for hydroxylation is 2. The van der Waals surface area contributed by atoms with Crippen LogP contribution in [-0.4, -0.2) is 17.6 Å². The van der Waals surface area contributed by atoms with E-state index in [0.717, 1.165) is 13.0 Å². The van der Waals surface area contributed by atoms with Gasteiger partial charge in [0.1, 0.15) is 0 Å². The lowest BCUT2D eigenvalue weighted by Crippen LogP contribution is -2.28. The van der Waals surface area contributed by atoms with E-state index in [4.69, 9.17) is 0 Å². The molecule has 0 aliphatic rings. The maximum atomic E-state index is 4.48. The van der Waals surface area contributed by atoms with Gasteiger partial charge in [0.05, 0.1) is 10.7 Å². The fourth-order valence-electron chi connectivity index (χ4n) is 1.79. The number of rotatable bonds is 7. The Hall–Kier alpha value is -0.410. The average Bonchev–Trinajstić information content (AvgIpc) is 2.63. The zero-order chi connectivity index (χ0) is 11.1. The topological polar surface area (TPSA) is 24.9 Å². The van der Waals surface area contributed by atoms with E-state index >= 15 is 0 Å². The van der Waals surface area contributed by atoms with Crippen LogP contribution in [0.15, 0.2) is 5.38 Å². The molecular formula is C12H22N2S. The highest BCUT2D eigenvalue weighted by atomic mass is 32.1. The SMILES string of the molecule is CCNC(CC)CCCc1csc(C)n1. The molecule has 1 N–H and O–H groups in total. The molecule has 0 amide bonds. The molecule has 0 aromatic carbocycles. The minimum Gasteiger partial charge on any atom is -0.314 e. The molecule has 0 saturated heterocycles. The number of nitrogens with one attached hydrogen (secondary N) is 1. The Balaban J connectivity index is 2.20. The van der Waals surface area contributed by atoms with Gasteiger partial charge in [-0.2, -0.15) is 0 Å². The van der Waals surface area contributed by atoms with E-state index in [2.05, 4.69) is 36.5 Å². The number of aromatic nitrogens is 1. The van der Waals surface area contributed by atoms with Crippen LogP contribution >= 0.6 is 11.3 Å². The van der Waals surface area contributed by atoms with Crippen molar-refractivity contribution in [3.63, 3.8) is 0 Å². The molecule has 2 nitrogen and oxygen atoms in total. The van der Waals surface area contributed by atoms with Crippen LogP contribution in [0.5, 0.6) is 0 Å². The first-order chi connectivity index (χ1) is 7.26. The molecule has 3 heteroatoms. The minimum absolute atomic E-state index is 0.690. The largest absolute Gasteiger partial charge is 0.314 e. The first-order valence-electron chi connectivity index (χ1n) is 5.90. The summed E-state index contributed by atoms with van der Waals surface area (Å²) in [5.74, 6) is 0. The highest BCUT2D eigenvalue weighted by Crippen LogP contribution is 2.12. The lowest BCUT2D eigenvalue weighted by atomic mass is 10.1. The Labute approximate surface area is 97.1 Å². The summed E-state index contributed by atoms with van der Waals surface area (Å²) in [5, 5.41) is 6.87. The van der Waals surface area contributed by atoms with Crippen molar-refractivity contribution in [1.29, 1.82) is 0 Å². The van der Waals surface area contributed by atoms with Crippen LogP contribution in [0.1, 0.15) is 43.8 Å². The summed E-state index contributed by atoms with van der Waals surface area (Å²) < 4.78 is 0. The third-order valence-electron chi connectivity index (χ3n) is 2.64. The van der Waals surface area contributed by atoms with E-state index in [1.54, 1.807) is 11.3 Å². The van der Waals surface area contributed by atoms with Crippen molar-refractivity contribution in [2.45, 2.75) is 52.5 Å². The van der Waals surface area contributed by atoms with Gasteiger partial charge in [-0.05, 0) is 39.2 Å². The van der Waals surface area contributed by atoms with Gasteiger partial charge in [-0.3, -0.25) is 0 Å². The molecule has 1 atom stereocenters. The number of hydrogen-bond acceptors (Lipinski definition) is 3. The predicted molar refractivity (Wildman–Crippen MR) is 67.5 cm³/mol. The fraction of sp³-hybridized carbons (Fsp3) is 0.750. The van der Waals surface area contributed by atoms with Crippen molar-refractivity contribution in [2.24, 2.45) is 0 Å². The highest BCUT2D eigenvalue weighted by Gasteiger charge is 2.04. The predicted octanol–water partition coefficient (Wildman–Crippen LogP) is 3.16. The molecule has 1 rings (SSSR count). The quantitative estimate of drug-likeness (QED) is 0.772. The molecule has 15 heavy (non-hydrogen) atoms. The third kappa shape index (κ3) is 4.76. The van der Waals surface area contributed by atoms with Gasteiger partial charge in [-0.1, -0.05) is 13.8 Å². The summed E-state index contributed by atoms with van der Waals surface area (Å²) in [6.45, 7) is 7.57. The molecule has 1 aromatic heterocycles. The summed E-state index contributed by atoms with van der Waals surface area (Å²) in [6.07, 6.45) is 4.87. The lowest BCUT2D eigenvalue weighted by Gasteiger charge is -2.14. The van der Waals surface area contributed by atoms with E-state index in [1.165, 1.54) is 30.0 Å². The Kier molecular flexibility index (Phi) is 5.88. The van der Waals surface area contributed by atoms with Crippen LogP contribution in [0.25, 0.3) is 0 Å². The Morgan fingerprint density at radius 2 is 2.27 bits per heavy atom. The standard InChI is InChI=1S/C12H22N2S/c1-4-11(13-5-2)7-6-8-12-9-15-10(3)14-12/h9,11,13H,4-8H2,1-3H3. The average molecular weight is 226 g/mol. The van der Waals surface area contributed by atoms with Gasteiger partial charge in [-0.25, -0.2) is 4.98 Å². The molecular weight excluding hydrogens is 204 g/mol. The van der Waals surface area contributed by atoms with Gasteiger partial charge in [0.25, 0.3) is 0 Å². The van der Waals surface area contributed by atoms with Crippen LogP contribution in [0, 0.1) is 6.92 Å². The monoisotopic (exact) mass is 226 g/mol. The van der Waals surface area contributed by atoms with Crippen molar-refractivity contribution >= 4 is 11.3 Å². The molecule has 0 fully saturated rings. The summed E-state index contributed by atoms with van der Waals surface area (Å²) in [6, 6.07) is 0.690. The van der Waals surface area contributed by atoms with Crippen molar-refractivity contribution in [3.8, 4) is 0 Å². The zero-order valence-corrected chi connectivity index (χ0v) is 10.9. The van der Waals surface area contributed by atoms with Crippen molar-refractivity contribution in [3.05, 3.63) is 16.1 Å². The fourth-order valence-corrected chi connectivity index (χ4v) is 2.44. The Morgan fingerprint density at radius 3 is 2.80 bits per heavy atom. The third-order valence-corrected chi connectivity index (χ3v) is 3.46. The van der Waals surface area contributed by atoms with E-state index in [0.29, 0.717) is 6.04 Å². The Bertz CT molecular complexity index is 270. The van der Waals surface area contributed by atoms with Gasteiger partial charge < -0.3 is 5.32 Å². The summed E-state index contributed by atoms with van der Waals surface area (Å²) in [5.41, 5.74) is 1.27. The minimum atomic E-state index is 0.690. The maximum Gasteiger partial charge on any atom is 0.0897 e. The molecule has 1 unspecified atom stereocenters. The number of thiazole rings is 1. The zero-order valence-electron chi connectivity index (χ0n) is 10.0. The van der Waals surface area contributed by atoms with E-state index in [-0.39, 0.29) is 0 Å². The van der Waals surface area contributed by atoms with Crippen molar-refractivity contribution in [1.82, 2.24) is 10.3 Å². The molecule has 1 heterocycles. The lowest BCUT2D eigenvalue weighted by molar-refractivity contribution is 0.466. The van der Waals surface area contributed by atoms with Crippen LogP contribution < -0.4 is 5.32 Å². The molecule has 1 aromatic rings. The summed E-state index contributed by atoms with van der Waals surface area (Å²) in [4.78, 5) is 4.48. The smallest absolute Gasteiger partial charge is 0.0897 e.